The molecule has 2 heterocycles. The molecule has 3 rings (SSSR count). The number of carbonyl (C=O) groups excluding carboxylic acids is 1. The molecule has 0 aliphatic heterocycles. The van der Waals surface area contributed by atoms with Crippen LogP contribution >= 0.6 is 11.3 Å². The number of methoxy groups -OCH3 is 2. The average Bonchev–Trinajstić information content (AvgIpc) is 3.07. The maximum absolute atomic E-state index is 12.8. The van der Waals surface area contributed by atoms with Gasteiger partial charge in [-0.05, 0) is 24.6 Å². The van der Waals surface area contributed by atoms with E-state index in [4.69, 9.17) is 9.47 Å². The monoisotopic (exact) mass is 471 g/mol. The van der Waals surface area contributed by atoms with Gasteiger partial charge >= 0.3 is 6.18 Å². The second-order valence-electron chi connectivity index (χ2n) is 6.38. The number of nitro benzene ring substituents is 1. The molecule has 0 aliphatic rings. The molecule has 10 nitrogen and oxygen atoms in total. The van der Waals surface area contributed by atoms with Crippen LogP contribution in [0.4, 0.5) is 24.5 Å². The zero-order valence-corrected chi connectivity index (χ0v) is 17.7. The molecule has 2 aromatic heterocycles. The van der Waals surface area contributed by atoms with Crippen molar-refractivity contribution in [2.45, 2.75) is 19.7 Å². The van der Waals surface area contributed by atoms with Crippen LogP contribution in [0.1, 0.15) is 26.6 Å². The standard InChI is InChI=1S/C18H16F3N5O5S/c1-8-13-16(31-3)22-12(7-30-2)23-17(13)32-14(8)15(27)25-24-10-5-4-9(18(19,20)21)6-11(10)26(28)29/h4-6,24H,7H2,1-3H3,(H,25,27). The van der Waals surface area contributed by atoms with Gasteiger partial charge in [-0.1, -0.05) is 0 Å². The van der Waals surface area contributed by atoms with Crippen LogP contribution in [0, 0.1) is 17.0 Å². The molecule has 0 aliphatic carbocycles. The Morgan fingerprint density at radius 2 is 2.00 bits per heavy atom. The summed E-state index contributed by atoms with van der Waals surface area (Å²) in [5.74, 6) is -0.0696. The lowest BCUT2D eigenvalue weighted by Crippen LogP contribution is -2.29. The summed E-state index contributed by atoms with van der Waals surface area (Å²) in [6, 6.07) is 1.92. The molecule has 170 valence electrons. The first-order valence-corrected chi connectivity index (χ1v) is 9.63. The minimum atomic E-state index is -4.75. The van der Waals surface area contributed by atoms with Crippen LogP contribution in [0.5, 0.6) is 5.88 Å². The molecule has 2 N–H and O–H groups in total. The minimum absolute atomic E-state index is 0.129. The third kappa shape index (κ3) is 4.55. The Morgan fingerprint density at radius 3 is 2.59 bits per heavy atom. The number of ether oxygens (including phenoxy) is 2. The summed E-state index contributed by atoms with van der Waals surface area (Å²) in [7, 11) is 2.89. The molecule has 1 aromatic carbocycles. The minimum Gasteiger partial charge on any atom is -0.480 e. The number of halogens is 3. The van der Waals surface area contributed by atoms with Crippen molar-refractivity contribution in [1.82, 2.24) is 15.4 Å². The molecule has 32 heavy (non-hydrogen) atoms. The molecule has 1 amide bonds. The predicted octanol–water partition coefficient (Wildman–Crippen LogP) is 3.84. The number of aryl methyl sites for hydroxylation is 1. The summed E-state index contributed by atoms with van der Waals surface area (Å²) >= 11 is 1.03. The Morgan fingerprint density at radius 1 is 1.28 bits per heavy atom. The van der Waals surface area contributed by atoms with E-state index in [0.717, 1.165) is 17.4 Å². The lowest BCUT2D eigenvalue weighted by Gasteiger charge is -2.11. The van der Waals surface area contributed by atoms with Gasteiger partial charge in [0, 0.05) is 13.2 Å². The maximum atomic E-state index is 12.8. The molecular formula is C18H16F3N5O5S. The largest absolute Gasteiger partial charge is 0.480 e. The first-order valence-electron chi connectivity index (χ1n) is 8.81. The van der Waals surface area contributed by atoms with Crippen molar-refractivity contribution in [3.8, 4) is 5.88 Å². The third-order valence-electron chi connectivity index (χ3n) is 4.31. The quantitative estimate of drug-likeness (QED) is 0.393. The number of hydrazine groups is 1. The SMILES string of the molecule is COCc1nc(OC)c2c(C)c(C(=O)NNc3ccc(C(F)(F)F)cc3[N+](=O)[O-])sc2n1. The van der Waals surface area contributed by atoms with E-state index in [9.17, 15) is 28.1 Å². The Kier molecular flexibility index (Phi) is 6.45. The van der Waals surface area contributed by atoms with Crippen molar-refractivity contribution in [3.05, 3.63) is 50.1 Å². The molecule has 0 spiro atoms. The number of amides is 1. The van der Waals surface area contributed by atoms with Crippen molar-refractivity contribution in [2.24, 2.45) is 0 Å². The highest BCUT2D eigenvalue weighted by atomic mass is 32.1. The average molecular weight is 471 g/mol. The van der Waals surface area contributed by atoms with E-state index in [1.165, 1.54) is 14.2 Å². The molecule has 0 bridgehead atoms. The van der Waals surface area contributed by atoms with Gasteiger partial charge in [0.2, 0.25) is 5.88 Å². The van der Waals surface area contributed by atoms with Crippen LogP contribution < -0.4 is 15.6 Å². The topological polar surface area (TPSA) is 129 Å². The Labute approximate surface area is 182 Å². The van der Waals surface area contributed by atoms with Crippen LogP contribution in [0.15, 0.2) is 18.2 Å². The number of hydrogen-bond acceptors (Lipinski definition) is 9. The Hall–Kier alpha value is -3.52. The number of nitrogens with zero attached hydrogens (tertiary/aromatic N) is 3. The summed E-state index contributed by atoms with van der Waals surface area (Å²) in [5, 5.41) is 11.7. The Bertz CT molecular complexity index is 1200. The fraction of sp³-hybridized carbons (Fsp3) is 0.278. The van der Waals surface area contributed by atoms with Crippen LogP contribution in [-0.4, -0.2) is 35.0 Å². The summed E-state index contributed by atoms with van der Waals surface area (Å²) in [6.07, 6.45) is -4.75. The highest BCUT2D eigenvalue weighted by Crippen LogP contribution is 2.36. The van der Waals surface area contributed by atoms with E-state index < -0.39 is 28.3 Å². The van der Waals surface area contributed by atoms with Crippen molar-refractivity contribution in [3.63, 3.8) is 0 Å². The fourth-order valence-electron chi connectivity index (χ4n) is 2.85. The van der Waals surface area contributed by atoms with Gasteiger partial charge < -0.3 is 9.47 Å². The number of aromatic nitrogens is 2. The van der Waals surface area contributed by atoms with Gasteiger partial charge in [0.25, 0.3) is 11.6 Å². The molecule has 0 fully saturated rings. The van der Waals surface area contributed by atoms with Crippen molar-refractivity contribution in [1.29, 1.82) is 0 Å². The van der Waals surface area contributed by atoms with E-state index in [2.05, 4.69) is 20.8 Å². The zero-order valence-electron chi connectivity index (χ0n) is 16.9. The van der Waals surface area contributed by atoms with E-state index in [1.54, 1.807) is 6.92 Å². The fourth-order valence-corrected chi connectivity index (χ4v) is 3.93. The second-order valence-corrected chi connectivity index (χ2v) is 7.38. The summed E-state index contributed by atoms with van der Waals surface area (Å²) in [6.45, 7) is 1.78. The first kappa shape index (κ1) is 23.1. The number of hydrogen-bond donors (Lipinski definition) is 2. The number of nitro groups is 1. The van der Waals surface area contributed by atoms with Crippen LogP contribution in [0.2, 0.25) is 0 Å². The first-order chi connectivity index (χ1) is 15.1. The van der Waals surface area contributed by atoms with Crippen molar-refractivity contribution < 1.29 is 32.4 Å². The maximum Gasteiger partial charge on any atom is 0.416 e. The highest BCUT2D eigenvalue weighted by molar-refractivity contribution is 7.20. The lowest BCUT2D eigenvalue weighted by molar-refractivity contribution is -0.384. The van der Waals surface area contributed by atoms with Gasteiger partial charge in [-0.3, -0.25) is 25.8 Å². The third-order valence-corrected chi connectivity index (χ3v) is 5.49. The number of nitrogens with one attached hydrogen (secondary N) is 2. The molecule has 0 unspecified atom stereocenters. The number of benzene rings is 1. The van der Waals surface area contributed by atoms with Gasteiger partial charge in [0.1, 0.15) is 17.1 Å². The molecule has 0 radical (unpaired) electrons. The summed E-state index contributed by atoms with van der Waals surface area (Å²) in [4.78, 5) is 32.1. The van der Waals surface area contributed by atoms with Gasteiger partial charge in [0.05, 0.1) is 27.9 Å². The summed E-state index contributed by atoms with van der Waals surface area (Å²) in [5.41, 5.74) is 2.76. The normalized spacial score (nSPS) is 11.4. The van der Waals surface area contributed by atoms with Crippen molar-refractivity contribution in [2.75, 3.05) is 19.6 Å². The molecule has 14 heteroatoms. The summed E-state index contributed by atoms with van der Waals surface area (Å²) < 4.78 is 48.8. The zero-order chi connectivity index (χ0) is 23.6. The lowest BCUT2D eigenvalue weighted by atomic mass is 10.1. The predicted molar refractivity (Wildman–Crippen MR) is 109 cm³/mol. The number of fused-ring (bicyclic) bond motifs is 1. The van der Waals surface area contributed by atoms with Crippen LogP contribution in [-0.2, 0) is 17.5 Å². The van der Waals surface area contributed by atoms with E-state index in [-0.39, 0.29) is 23.1 Å². The molecule has 0 saturated heterocycles. The number of anilines is 1. The molecule has 0 atom stereocenters. The van der Waals surface area contributed by atoms with Crippen LogP contribution in [0.3, 0.4) is 0 Å². The number of thiophene rings is 1. The van der Waals surface area contributed by atoms with Gasteiger partial charge in [-0.2, -0.15) is 18.2 Å². The number of rotatable bonds is 7. The van der Waals surface area contributed by atoms with Gasteiger partial charge in [0.15, 0.2) is 5.82 Å². The second kappa shape index (κ2) is 8.92. The van der Waals surface area contributed by atoms with E-state index in [0.29, 0.717) is 33.7 Å². The molecular weight excluding hydrogens is 455 g/mol. The smallest absolute Gasteiger partial charge is 0.416 e. The highest BCUT2D eigenvalue weighted by Gasteiger charge is 2.33. The van der Waals surface area contributed by atoms with Gasteiger partial charge in [-0.15, -0.1) is 11.3 Å². The van der Waals surface area contributed by atoms with Crippen molar-refractivity contribution >= 4 is 38.8 Å². The number of alkyl halides is 3. The van der Waals surface area contributed by atoms with E-state index in [1.807, 2.05) is 0 Å². The molecule has 3 aromatic rings. The van der Waals surface area contributed by atoms with E-state index >= 15 is 0 Å². The van der Waals surface area contributed by atoms with Crippen LogP contribution in [0.25, 0.3) is 10.2 Å². The van der Waals surface area contributed by atoms with Gasteiger partial charge in [-0.25, -0.2) is 4.98 Å². The number of carbonyl (C=O) groups is 1. The molecule has 0 saturated carbocycles. The Balaban J connectivity index is 1.90.